The minimum atomic E-state index is -0.322. The van der Waals surface area contributed by atoms with Gasteiger partial charge in [0.25, 0.3) is 0 Å². The molecule has 0 aromatic heterocycles. The third kappa shape index (κ3) is 9.65. The zero-order valence-corrected chi connectivity index (χ0v) is 9.77. The Bertz CT molecular complexity index is 151. The molecule has 0 fully saturated rings. The molecule has 1 N–H and O–H groups in total. The summed E-state index contributed by atoms with van der Waals surface area (Å²) in [6.45, 7) is 4.31. The van der Waals surface area contributed by atoms with Crippen LogP contribution in [0.3, 0.4) is 0 Å². The van der Waals surface area contributed by atoms with Crippen molar-refractivity contribution in [2.75, 3.05) is 12.5 Å². The van der Waals surface area contributed by atoms with E-state index in [9.17, 15) is 4.79 Å². The van der Waals surface area contributed by atoms with Crippen LogP contribution >= 0.6 is 11.6 Å². The van der Waals surface area contributed by atoms with Crippen LogP contribution in [0.4, 0.5) is 4.79 Å². The lowest BCUT2D eigenvalue weighted by atomic mass is 10.2. The zero-order chi connectivity index (χ0) is 10.8. The second-order valence-electron chi connectivity index (χ2n) is 3.54. The molecule has 0 aliphatic heterocycles. The fraction of sp³-hybridized carbons (Fsp3) is 0.900. The van der Waals surface area contributed by atoms with Crippen LogP contribution in [0.5, 0.6) is 0 Å². The van der Waals surface area contributed by atoms with E-state index in [1.165, 1.54) is 0 Å². The van der Waals surface area contributed by atoms with E-state index in [-0.39, 0.29) is 12.1 Å². The van der Waals surface area contributed by atoms with Crippen LogP contribution in [-0.4, -0.2) is 24.6 Å². The van der Waals surface area contributed by atoms with Crippen molar-refractivity contribution in [2.24, 2.45) is 0 Å². The predicted molar refractivity (Wildman–Crippen MR) is 58.8 cm³/mol. The van der Waals surface area contributed by atoms with Crippen LogP contribution in [-0.2, 0) is 4.74 Å². The van der Waals surface area contributed by atoms with Gasteiger partial charge in [0.05, 0.1) is 6.61 Å². The largest absolute Gasteiger partial charge is 0.450 e. The van der Waals surface area contributed by atoms with E-state index in [2.05, 4.69) is 5.32 Å². The van der Waals surface area contributed by atoms with E-state index < -0.39 is 0 Å². The van der Waals surface area contributed by atoms with E-state index in [4.69, 9.17) is 16.3 Å². The second-order valence-corrected chi connectivity index (χ2v) is 3.92. The summed E-state index contributed by atoms with van der Waals surface area (Å²) in [5, 5.41) is 2.66. The molecule has 0 spiro atoms. The maximum absolute atomic E-state index is 11.0. The Morgan fingerprint density at radius 1 is 1.29 bits per heavy atom. The molecule has 0 unspecified atom stereocenters. The molecule has 4 heteroatoms. The molecule has 1 amide bonds. The third-order valence-corrected chi connectivity index (χ3v) is 1.93. The van der Waals surface area contributed by atoms with Crippen LogP contribution in [0.15, 0.2) is 0 Å². The van der Waals surface area contributed by atoms with Gasteiger partial charge in [-0.3, -0.25) is 0 Å². The Kier molecular flexibility index (Phi) is 8.84. The summed E-state index contributed by atoms with van der Waals surface area (Å²) in [5.41, 5.74) is 0. The summed E-state index contributed by atoms with van der Waals surface area (Å²) in [7, 11) is 0. The molecule has 0 saturated heterocycles. The minimum absolute atomic E-state index is 0.138. The number of nitrogens with one attached hydrogen (secondary N) is 1. The normalized spacial score (nSPS) is 10.3. The number of hydrogen-bond acceptors (Lipinski definition) is 2. The summed E-state index contributed by atoms with van der Waals surface area (Å²) >= 11 is 5.53. The van der Waals surface area contributed by atoms with E-state index in [1.807, 2.05) is 13.8 Å². The maximum atomic E-state index is 11.0. The average Bonchev–Trinajstić information content (AvgIpc) is 2.10. The molecular formula is C10H20ClNO2. The molecule has 0 bridgehead atoms. The molecule has 3 nitrogen and oxygen atoms in total. The number of alkyl carbamates (subject to hydrolysis) is 1. The van der Waals surface area contributed by atoms with Gasteiger partial charge in [-0.25, -0.2) is 4.79 Å². The lowest BCUT2D eigenvalue weighted by molar-refractivity contribution is 0.141. The van der Waals surface area contributed by atoms with Crippen molar-refractivity contribution in [3.8, 4) is 0 Å². The van der Waals surface area contributed by atoms with Crippen LogP contribution < -0.4 is 5.32 Å². The van der Waals surface area contributed by atoms with Gasteiger partial charge < -0.3 is 10.1 Å². The van der Waals surface area contributed by atoms with E-state index in [0.29, 0.717) is 12.5 Å². The summed E-state index contributed by atoms with van der Waals surface area (Å²) < 4.78 is 4.95. The SMILES string of the molecule is CC(C)NC(=O)OCCCCCCCl. The average molecular weight is 222 g/mol. The summed E-state index contributed by atoms with van der Waals surface area (Å²) in [6.07, 6.45) is 3.82. The van der Waals surface area contributed by atoms with Gasteiger partial charge in [-0.2, -0.15) is 0 Å². The first-order chi connectivity index (χ1) is 6.66. The Labute approximate surface area is 91.2 Å². The number of halogens is 1. The molecule has 84 valence electrons. The van der Waals surface area contributed by atoms with Crippen molar-refractivity contribution in [1.82, 2.24) is 5.32 Å². The van der Waals surface area contributed by atoms with Gasteiger partial charge in [-0.1, -0.05) is 12.8 Å². The van der Waals surface area contributed by atoms with Gasteiger partial charge in [-0.15, -0.1) is 11.6 Å². The predicted octanol–water partition coefficient (Wildman–Crippen LogP) is 2.92. The maximum Gasteiger partial charge on any atom is 0.407 e. The highest BCUT2D eigenvalue weighted by Gasteiger charge is 2.02. The Morgan fingerprint density at radius 2 is 1.93 bits per heavy atom. The number of unbranched alkanes of at least 4 members (excludes halogenated alkanes) is 3. The highest BCUT2D eigenvalue weighted by atomic mass is 35.5. The zero-order valence-electron chi connectivity index (χ0n) is 9.01. The number of carbonyl (C=O) groups is 1. The molecular weight excluding hydrogens is 202 g/mol. The Morgan fingerprint density at radius 3 is 2.50 bits per heavy atom. The summed E-state index contributed by atoms with van der Waals surface area (Å²) in [6, 6.07) is 0.138. The highest BCUT2D eigenvalue weighted by molar-refractivity contribution is 6.17. The number of amides is 1. The molecule has 0 saturated carbocycles. The van der Waals surface area contributed by atoms with Crippen LogP contribution in [0.2, 0.25) is 0 Å². The molecule has 0 aliphatic carbocycles. The third-order valence-electron chi connectivity index (χ3n) is 1.67. The first-order valence-electron chi connectivity index (χ1n) is 5.16. The van der Waals surface area contributed by atoms with Gasteiger partial charge in [0.2, 0.25) is 0 Å². The molecule has 0 aromatic rings. The highest BCUT2D eigenvalue weighted by Crippen LogP contribution is 2.01. The summed E-state index contributed by atoms with van der Waals surface area (Å²) in [4.78, 5) is 11.0. The Balaban J connectivity index is 3.15. The lowest BCUT2D eigenvalue weighted by Gasteiger charge is -2.08. The second kappa shape index (κ2) is 9.13. The topological polar surface area (TPSA) is 38.3 Å². The standard InChI is InChI=1S/C10H20ClNO2/c1-9(2)12-10(13)14-8-6-4-3-5-7-11/h9H,3-8H2,1-2H3,(H,12,13). The monoisotopic (exact) mass is 221 g/mol. The van der Waals surface area contributed by atoms with Crippen molar-refractivity contribution in [3.05, 3.63) is 0 Å². The van der Waals surface area contributed by atoms with Crippen molar-refractivity contribution in [2.45, 2.75) is 45.6 Å². The molecule has 0 rings (SSSR count). The van der Waals surface area contributed by atoms with Crippen LogP contribution in [0, 0.1) is 0 Å². The molecule has 0 atom stereocenters. The smallest absolute Gasteiger partial charge is 0.407 e. The van der Waals surface area contributed by atoms with Crippen molar-refractivity contribution in [3.63, 3.8) is 0 Å². The van der Waals surface area contributed by atoms with Crippen molar-refractivity contribution >= 4 is 17.7 Å². The van der Waals surface area contributed by atoms with Crippen LogP contribution in [0.1, 0.15) is 39.5 Å². The molecule has 0 heterocycles. The minimum Gasteiger partial charge on any atom is -0.450 e. The van der Waals surface area contributed by atoms with Gasteiger partial charge in [0, 0.05) is 11.9 Å². The van der Waals surface area contributed by atoms with Gasteiger partial charge >= 0.3 is 6.09 Å². The number of ether oxygens (including phenoxy) is 1. The molecule has 14 heavy (non-hydrogen) atoms. The lowest BCUT2D eigenvalue weighted by Crippen LogP contribution is -2.30. The van der Waals surface area contributed by atoms with Gasteiger partial charge in [-0.05, 0) is 26.7 Å². The van der Waals surface area contributed by atoms with E-state index in [0.717, 1.165) is 25.7 Å². The van der Waals surface area contributed by atoms with Gasteiger partial charge in [0.15, 0.2) is 0 Å². The van der Waals surface area contributed by atoms with E-state index >= 15 is 0 Å². The van der Waals surface area contributed by atoms with Crippen LogP contribution in [0.25, 0.3) is 0 Å². The Hall–Kier alpha value is -0.440. The quantitative estimate of drug-likeness (QED) is 0.530. The van der Waals surface area contributed by atoms with Crippen molar-refractivity contribution < 1.29 is 9.53 Å². The van der Waals surface area contributed by atoms with E-state index in [1.54, 1.807) is 0 Å². The fourth-order valence-corrected chi connectivity index (χ4v) is 1.18. The van der Waals surface area contributed by atoms with Gasteiger partial charge in [0.1, 0.15) is 0 Å². The number of hydrogen-bond donors (Lipinski definition) is 1. The first-order valence-corrected chi connectivity index (χ1v) is 5.69. The fourth-order valence-electron chi connectivity index (χ4n) is 0.992. The number of rotatable bonds is 7. The van der Waals surface area contributed by atoms with Crippen molar-refractivity contribution in [1.29, 1.82) is 0 Å². The number of alkyl halides is 1. The molecule has 0 aromatic carbocycles. The summed E-state index contributed by atoms with van der Waals surface area (Å²) in [5.74, 6) is 0.717. The molecule has 0 aliphatic rings. The number of carbonyl (C=O) groups excluding carboxylic acids is 1. The molecule has 0 radical (unpaired) electrons. The first kappa shape index (κ1) is 13.6.